The van der Waals surface area contributed by atoms with Crippen molar-refractivity contribution < 1.29 is 14.3 Å². The van der Waals surface area contributed by atoms with Crippen LogP contribution >= 0.6 is 0 Å². The molecule has 0 aromatic carbocycles. The number of esters is 1. The van der Waals surface area contributed by atoms with Crippen molar-refractivity contribution in [2.45, 2.75) is 38.5 Å². The molecule has 0 spiro atoms. The molecule has 4 nitrogen and oxygen atoms in total. The standard InChI is InChI=1S/C9H17NO3/c1-6(9(11)12-3)10-8-4-5-13-7(8)2/h6-8,10H,4-5H2,1-3H3. The van der Waals surface area contributed by atoms with Crippen LogP contribution in [-0.4, -0.2) is 37.9 Å². The van der Waals surface area contributed by atoms with E-state index in [0.717, 1.165) is 13.0 Å². The van der Waals surface area contributed by atoms with E-state index >= 15 is 0 Å². The maximum Gasteiger partial charge on any atom is 0.322 e. The Morgan fingerprint density at radius 3 is 2.85 bits per heavy atom. The summed E-state index contributed by atoms with van der Waals surface area (Å²) >= 11 is 0. The summed E-state index contributed by atoms with van der Waals surface area (Å²) in [7, 11) is 1.40. The zero-order chi connectivity index (χ0) is 9.84. The molecular formula is C9H17NO3. The molecule has 1 aliphatic heterocycles. The second-order valence-electron chi connectivity index (χ2n) is 3.38. The monoisotopic (exact) mass is 187 g/mol. The minimum atomic E-state index is -0.251. The van der Waals surface area contributed by atoms with Crippen molar-refractivity contribution in [2.75, 3.05) is 13.7 Å². The minimum absolute atomic E-state index is 0.187. The molecule has 3 atom stereocenters. The highest BCUT2D eigenvalue weighted by atomic mass is 16.5. The van der Waals surface area contributed by atoms with Gasteiger partial charge in [0.25, 0.3) is 0 Å². The average molecular weight is 187 g/mol. The van der Waals surface area contributed by atoms with E-state index in [1.807, 2.05) is 6.92 Å². The van der Waals surface area contributed by atoms with E-state index in [1.54, 1.807) is 6.92 Å². The Kier molecular flexibility index (Phi) is 3.69. The molecule has 1 fully saturated rings. The fraction of sp³-hybridized carbons (Fsp3) is 0.889. The molecule has 0 aliphatic carbocycles. The minimum Gasteiger partial charge on any atom is -0.468 e. The van der Waals surface area contributed by atoms with E-state index in [4.69, 9.17) is 4.74 Å². The summed E-state index contributed by atoms with van der Waals surface area (Å²) in [5.74, 6) is -0.223. The van der Waals surface area contributed by atoms with Crippen molar-refractivity contribution in [1.29, 1.82) is 0 Å². The summed E-state index contributed by atoms with van der Waals surface area (Å²) in [5.41, 5.74) is 0. The third-order valence-corrected chi connectivity index (χ3v) is 2.40. The van der Waals surface area contributed by atoms with Crippen LogP contribution in [0.25, 0.3) is 0 Å². The zero-order valence-corrected chi connectivity index (χ0v) is 8.37. The molecule has 1 N–H and O–H groups in total. The normalized spacial score (nSPS) is 30.1. The first-order valence-corrected chi connectivity index (χ1v) is 4.60. The van der Waals surface area contributed by atoms with Crippen LogP contribution < -0.4 is 5.32 Å². The molecule has 3 unspecified atom stereocenters. The fourth-order valence-electron chi connectivity index (χ4n) is 1.52. The second-order valence-corrected chi connectivity index (χ2v) is 3.38. The van der Waals surface area contributed by atoms with E-state index in [-0.39, 0.29) is 24.2 Å². The summed E-state index contributed by atoms with van der Waals surface area (Å²) in [6.45, 7) is 4.58. The maximum atomic E-state index is 11.1. The SMILES string of the molecule is COC(=O)C(C)NC1CCOC1C. The number of rotatable bonds is 3. The third-order valence-electron chi connectivity index (χ3n) is 2.40. The Morgan fingerprint density at radius 2 is 2.38 bits per heavy atom. The summed E-state index contributed by atoms with van der Waals surface area (Å²) in [4.78, 5) is 11.1. The van der Waals surface area contributed by atoms with Crippen LogP contribution in [0.3, 0.4) is 0 Å². The highest BCUT2D eigenvalue weighted by molar-refractivity contribution is 5.75. The second kappa shape index (κ2) is 4.58. The third kappa shape index (κ3) is 2.67. The van der Waals surface area contributed by atoms with Gasteiger partial charge in [0.1, 0.15) is 6.04 Å². The Balaban J connectivity index is 2.34. The summed E-state index contributed by atoms with van der Waals surface area (Å²) < 4.78 is 9.98. The largest absolute Gasteiger partial charge is 0.468 e. The fourth-order valence-corrected chi connectivity index (χ4v) is 1.52. The number of ether oxygens (including phenoxy) is 2. The number of carbonyl (C=O) groups is 1. The van der Waals surface area contributed by atoms with Crippen LogP contribution in [0.2, 0.25) is 0 Å². The van der Waals surface area contributed by atoms with Crippen molar-refractivity contribution in [1.82, 2.24) is 5.32 Å². The van der Waals surface area contributed by atoms with Gasteiger partial charge in [-0.25, -0.2) is 0 Å². The molecule has 0 amide bonds. The Labute approximate surface area is 78.6 Å². The van der Waals surface area contributed by atoms with Crippen molar-refractivity contribution >= 4 is 5.97 Å². The lowest BCUT2D eigenvalue weighted by molar-refractivity contribution is -0.142. The van der Waals surface area contributed by atoms with Crippen LogP contribution in [0, 0.1) is 0 Å². The van der Waals surface area contributed by atoms with Crippen molar-refractivity contribution in [3.05, 3.63) is 0 Å². The van der Waals surface area contributed by atoms with Gasteiger partial charge in [0, 0.05) is 12.6 Å². The van der Waals surface area contributed by atoms with Crippen LogP contribution in [0.5, 0.6) is 0 Å². The molecule has 1 saturated heterocycles. The first-order chi connectivity index (χ1) is 6.15. The van der Waals surface area contributed by atoms with E-state index in [9.17, 15) is 4.79 Å². The molecule has 0 saturated carbocycles. The summed E-state index contributed by atoms with van der Waals surface area (Å²) in [6.07, 6.45) is 1.15. The topological polar surface area (TPSA) is 47.6 Å². The van der Waals surface area contributed by atoms with Crippen LogP contribution in [0.15, 0.2) is 0 Å². The van der Waals surface area contributed by atoms with E-state index in [0.29, 0.717) is 0 Å². The maximum absolute atomic E-state index is 11.1. The number of nitrogens with one attached hydrogen (secondary N) is 1. The van der Waals surface area contributed by atoms with Gasteiger partial charge in [0.15, 0.2) is 0 Å². The van der Waals surface area contributed by atoms with Gasteiger partial charge >= 0.3 is 5.97 Å². The van der Waals surface area contributed by atoms with Crippen molar-refractivity contribution in [3.63, 3.8) is 0 Å². The van der Waals surface area contributed by atoms with Crippen LogP contribution in [0.1, 0.15) is 20.3 Å². The number of methoxy groups -OCH3 is 1. The van der Waals surface area contributed by atoms with Crippen molar-refractivity contribution in [2.24, 2.45) is 0 Å². The lowest BCUT2D eigenvalue weighted by atomic mass is 10.1. The summed E-state index contributed by atoms with van der Waals surface area (Å²) in [5, 5.41) is 3.18. The molecule has 13 heavy (non-hydrogen) atoms. The van der Waals surface area contributed by atoms with Gasteiger partial charge in [-0.3, -0.25) is 10.1 Å². The molecule has 4 heteroatoms. The first-order valence-electron chi connectivity index (χ1n) is 4.60. The molecule has 1 heterocycles. The molecule has 0 aromatic heterocycles. The highest BCUT2D eigenvalue weighted by Crippen LogP contribution is 2.13. The van der Waals surface area contributed by atoms with Gasteiger partial charge in [0.2, 0.25) is 0 Å². The van der Waals surface area contributed by atoms with Gasteiger partial charge in [-0.15, -0.1) is 0 Å². The lowest BCUT2D eigenvalue weighted by Gasteiger charge is -2.19. The van der Waals surface area contributed by atoms with E-state index in [2.05, 4.69) is 10.1 Å². The van der Waals surface area contributed by atoms with Crippen LogP contribution in [0.4, 0.5) is 0 Å². The van der Waals surface area contributed by atoms with Gasteiger partial charge < -0.3 is 9.47 Å². The van der Waals surface area contributed by atoms with E-state index in [1.165, 1.54) is 7.11 Å². The Morgan fingerprint density at radius 1 is 1.69 bits per heavy atom. The van der Waals surface area contributed by atoms with Gasteiger partial charge in [0.05, 0.1) is 13.2 Å². The molecule has 76 valence electrons. The smallest absolute Gasteiger partial charge is 0.322 e. The molecule has 1 rings (SSSR count). The first kappa shape index (κ1) is 10.5. The molecule has 0 radical (unpaired) electrons. The van der Waals surface area contributed by atoms with Gasteiger partial charge in [-0.1, -0.05) is 0 Å². The van der Waals surface area contributed by atoms with E-state index < -0.39 is 0 Å². The predicted molar refractivity (Wildman–Crippen MR) is 48.4 cm³/mol. The van der Waals surface area contributed by atoms with Gasteiger partial charge in [-0.05, 0) is 20.3 Å². The number of hydrogen-bond donors (Lipinski definition) is 1. The lowest BCUT2D eigenvalue weighted by Crippen LogP contribution is -2.44. The predicted octanol–water partition coefficient (Wildman–Crippen LogP) is 0.315. The molecular weight excluding hydrogens is 170 g/mol. The van der Waals surface area contributed by atoms with Gasteiger partial charge in [-0.2, -0.15) is 0 Å². The Bertz CT molecular complexity index is 184. The number of hydrogen-bond acceptors (Lipinski definition) is 4. The number of carbonyl (C=O) groups excluding carboxylic acids is 1. The Hall–Kier alpha value is -0.610. The quantitative estimate of drug-likeness (QED) is 0.646. The van der Waals surface area contributed by atoms with Crippen molar-refractivity contribution in [3.8, 4) is 0 Å². The average Bonchev–Trinajstić information content (AvgIpc) is 2.50. The summed E-state index contributed by atoms with van der Waals surface area (Å²) in [6, 6.07) is 0.0215. The zero-order valence-electron chi connectivity index (χ0n) is 8.37. The molecule has 1 aliphatic rings. The van der Waals surface area contributed by atoms with Crippen LogP contribution in [-0.2, 0) is 14.3 Å². The highest BCUT2D eigenvalue weighted by Gasteiger charge is 2.27. The molecule has 0 aromatic rings. The molecule has 0 bridgehead atoms.